The zero-order valence-corrected chi connectivity index (χ0v) is 6.16. The van der Waals surface area contributed by atoms with Crippen LogP contribution in [0, 0.1) is 11.8 Å². The quantitative estimate of drug-likeness (QED) is 0.505. The van der Waals surface area contributed by atoms with E-state index in [1.165, 1.54) is 19.3 Å². The lowest BCUT2D eigenvalue weighted by Crippen LogP contribution is -2.18. The van der Waals surface area contributed by atoms with E-state index >= 15 is 0 Å². The second kappa shape index (κ2) is 2.39. The van der Waals surface area contributed by atoms with Gasteiger partial charge >= 0.3 is 0 Å². The predicted molar refractivity (Wildman–Crippen MR) is 40.6 cm³/mol. The number of aliphatic hydroxyl groups excluding tert-OH is 1. The highest BCUT2D eigenvalue weighted by atomic mass is 16.3. The minimum atomic E-state index is -0.0263. The predicted octanol–water partition coefficient (Wildman–Crippen LogP) is 1.72. The van der Waals surface area contributed by atoms with Crippen molar-refractivity contribution in [1.82, 2.24) is 0 Å². The lowest BCUT2D eigenvalue weighted by molar-refractivity contribution is 0.138. The summed E-state index contributed by atoms with van der Waals surface area (Å²) in [6, 6.07) is 0. The van der Waals surface area contributed by atoms with Crippen LogP contribution in [0.1, 0.15) is 25.7 Å². The maximum absolute atomic E-state index is 9.47. The first-order chi connectivity index (χ1) is 4.88. The van der Waals surface area contributed by atoms with Gasteiger partial charge in [0.15, 0.2) is 0 Å². The minimum absolute atomic E-state index is 0.0263. The number of hydrogen-bond acceptors (Lipinski definition) is 1. The molecule has 1 heteroatoms. The van der Waals surface area contributed by atoms with Crippen LogP contribution in [0.4, 0.5) is 0 Å². The molecule has 2 aliphatic carbocycles. The molecule has 0 aromatic heterocycles. The summed E-state index contributed by atoms with van der Waals surface area (Å²) in [5, 5.41) is 9.47. The van der Waals surface area contributed by atoms with E-state index < -0.39 is 0 Å². The van der Waals surface area contributed by atoms with Gasteiger partial charge in [-0.1, -0.05) is 12.2 Å². The van der Waals surface area contributed by atoms with Crippen LogP contribution in [0.5, 0.6) is 0 Å². The third kappa shape index (κ3) is 0.891. The number of fused-ring (bicyclic) bond motifs is 1. The van der Waals surface area contributed by atoms with E-state index in [1.807, 2.05) is 0 Å². The Morgan fingerprint density at radius 2 is 2.10 bits per heavy atom. The molecule has 1 saturated carbocycles. The smallest absolute Gasteiger partial charge is 0.0605 e. The van der Waals surface area contributed by atoms with Crippen LogP contribution in [0.15, 0.2) is 12.2 Å². The molecule has 2 rings (SSSR count). The van der Waals surface area contributed by atoms with Crippen molar-refractivity contribution in [3.63, 3.8) is 0 Å². The first-order valence-corrected chi connectivity index (χ1v) is 4.22. The Labute approximate surface area is 61.8 Å². The van der Waals surface area contributed by atoms with Crippen LogP contribution in [-0.4, -0.2) is 11.2 Å². The van der Waals surface area contributed by atoms with Crippen molar-refractivity contribution in [3.8, 4) is 0 Å². The largest absolute Gasteiger partial charge is 0.393 e. The Balaban J connectivity index is 2.13. The molecular formula is C9H14O. The van der Waals surface area contributed by atoms with Gasteiger partial charge in [-0.15, -0.1) is 0 Å². The molecule has 1 nitrogen and oxygen atoms in total. The number of hydrogen-bond donors (Lipinski definition) is 1. The van der Waals surface area contributed by atoms with Gasteiger partial charge in [-0.2, -0.15) is 0 Å². The van der Waals surface area contributed by atoms with Crippen molar-refractivity contribution in [2.75, 3.05) is 0 Å². The number of aliphatic hydroxyl groups is 1. The first kappa shape index (κ1) is 6.41. The molecule has 1 N–H and O–H groups in total. The Kier molecular flexibility index (Phi) is 1.53. The lowest BCUT2D eigenvalue weighted by atomic mass is 9.86. The van der Waals surface area contributed by atoms with Gasteiger partial charge in [0.1, 0.15) is 0 Å². The van der Waals surface area contributed by atoms with E-state index in [-0.39, 0.29) is 6.10 Å². The maximum Gasteiger partial charge on any atom is 0.0605 e. The molecule has 3 atom stereocenters. The summed E-state index contributed by atoms with van der Waals surface area (Å²) in [5.41, 5.74) is 0. The first-order valence-electron chi connectivity index (χ1n) is 4.22. The van der Waals surface area contributed by atoms with E-state index in [0.717, 1.165) is 12.3 Å². The summed E-state index contributed by atoms with van der Waals surface area (Å²) in [6.07, 6.45) is 9.21. The Hall–Kier alpha value is -0.300. The van der Waals surface area contributed by atoms with Gasteiger partial charge in [0.05, 0.1) is 6.10 Å². The maximum atomic E-state index is 9.47. The monoisotopic (exact) mass is 138 g/mol. The fourth-order valence-corrected chi connectivity index (χ4v) is 2.27. The van der Waals surface area contributed by atoms with E-state index in [0.29, 0.717) is 5.92 Å². The minimum Gasteiger partial charge on any atom is -0.393 e. The highest BCUT2D eigenvalue weighted by molar-refractivity contribution is 5.03. The molecule has 0 aliphatic heterocycles. The second-order valence-corrected chi connectivity index (χ2v) is 3.49. The SMILES string of the molecule is O[C@H]1CC[C@H]2CCC=C[C@H]21. The molecule has 0 radical (unpaired) electrons. The molecule has 56 valence electrons. The number of allylic oxidation sites excluding steroid dienone is 1. The Morgan fingerprint density at radius 3 is 2.90 bits per heavy atom. The van der Waals surface area contributed by atoms with Gasteiger partial charge in [-0.05, 0) is 31.6 Å². The second-order valence-electron chi connectivity index (χ2n) is 3.49. The molecule has 0 amide bonds. The van der Waals surface area contributed by atoms with Gasteiger partial charge in [-0.25, -0.2) is 0 Å². The lowest BCUT2D eigenvalue weighted by Gasteiger charge is -2.21. The Morgan fingerprint density at radius 1 is 1.20 bits per heavy atom. The highest BCUT2D eigenvalue weighted by Gasteiger charge is 2.33. The zero-order chi connectivity index (χ0) is 6.97. The third-order valence-electron chi connectivity index (χ3n) is 2.88. The van der Waals surface area contributed by atoms with Crippen LogP contribution in [-0.2, 0) is 0 Å². The molecular weight excluding hydrogens is 124 g/mol. The summed E-state index contributed by atoms with van der Waals surface area (Å²) in [4.78, 5) is 0. The summed E-state index contributed by atoms with van der Waals surface area (Å²) in [7, 11) is 0. The third-order valence-corrected chi connectivity index (χ3v) is 2.88. The van der Waals surface area contributed by atoms with Crippen molar-refractivity contribution in [1.29, 1.82) is 0 Å². The van der Waals surface area contributed by atoms with Gasteiger partial charge in [-0.3, -0.25) is 0 Å². The van der Waals surface area contributed by atoms with E-state index in [9.17, 15) is 5.11 Å². The highest BCUT2D eigenvalue weighted by Crippen LogP contribution is 2.38. The molecule has 0 aromatic rings. The molecule has 0 aromatic carbocycles. The van der Waals surface area contributed by atoms with Crippen LogP contribution in [0.25, 0.3) is 0 Å². The van der Waals surface area contributed by atoms with Crippen molar-refractivity contribution < 1.29 is 5.11 Å². The molecule has 0 unspecified atom stereocenters. The average molecular weight is 138 g/mol. The van der Waals surface area contributed by atoms with Crippen molar-refractivity contribution in [3.05, 3.63) is 12.2 Å². The molecule has 10 heavy (non-hydrogen) atoms. The standard InChI is InChI=1S/C9H14O/c10-9-6-5-7-3-1-2-4-8(7)9/h2,4,7-10H,1,3,5-6H2/t7-,8-,9+/m1/s1. The van der Waals surface area contributed by atoms with Crippen molar-refractivity contribution >= 4 is 0 Å². The molecule has 0 spiro atoms. The summed E-state index contributed by atoms with van der Waals surface area (Å²) < 4.78 is 0. The molecule has 0 bridgehead atoms. The molecule has 1 fully saturated rings. The zero-order valence-electron chi connectivity index (χ0n) is 6.16. The molecule has 0 saturated heterocycles. The fraction of sp³-hybridized carbons (Fsp3) is 0.778. The van der Waals surface area contributed by atoms with Gasteiger partial charge in [0.2, 0.25) is 0 Å². The molecule has 0 heterocycles. The van der Waals surface area contributed by atoms with E-state index in [4.69, 9.17) is 0 Å². The molecule has 2 aliphatic rings. The summed E-state index contributed by atoms with van der Waals surface area (Å²) in [6.45, 7) is 0. The van der Waals surface area contributed by atoms with Crippen LogP contribution in [0.2, 0.25) is 0 Å². The fourth-order valence-electron chi connectivity index (χ4n) is 2.27. The van der Waals surface area contributed by atoms with Crippen LogP contribution >= 0.6 is 0 Å². The van der Waals surface area contributed by atoms with Gasteiger partial charge in [0, 0.05) is 5.92 Å². The van der Waals surface area contributed by atoms with Crippen LogP contribution in [0.3, 0.4) is 0 Å². The summed E-state index contributed by atoms with van der Waals surface area (Å²) in [5.74, 6) is 1.31. The van der Waals surface area contributed by atoms with Crippen molar-refractivity contribution in [2.45, 2.75) is 31.8 Å². The van der Waals surface area contributed by atoms with E-state index in [1.54, 1.807) is 0 Å². The van der Waals surface area contributed by atoms with Crippen LogP contribution < -0.4 is 0 Å². The average Bonchev–Trinajstić information content (AvgIpc) is 2.34. The normalized spacial score (nSPS) is 45.5. The van der Waals surface area contributed by atoms with Gasteiger partial charge in [0.25, 0.3) is 0 Å². The Bertz CT molecular complexity index is 151. The van der Waals surface area contributed by atoms with E-state index in [2.05, 4.69) is 12.2 Å². The topological polar surface area (TPSA) is 20.2 Å². The van der Waals surface area contributed by atoms with Crippen molar-refractivity contribution in [2.24, 2.45) is 11.8 Å². The number of rotatable bonds is 0. The van der Waals surface area contributed by atoms with Gasteiger partial charge < -0.3 is 5.11 Å². The summed E-state index contributed by atoms with van der Waals surface area (Å²) >= 11 is 0.